The van der Waals surface area contributed by atoms with Gasteiger partial charge >= 0.3 is 0 Å². The molecule has 0 aliphatic rings. The van der Waals surface area contributed by atoms with Crippen LogP contribution in [0.5, 0.6) is 11.5 Å². The van der Waals surface area contributed by atoms with Gasteiger partial charge in [0.25, 0.3) is 0 Å². The molecule has 0 aliphatic carbocycles. The lowest BCUT2D eigenvalue weighted by Gasteiger charge is -2.10. The molecule has 0 radical (unpaired) electrons. The van der Waals surface area contributed by atoms with Crippen LogP contribution in [0.4, 0.5) is 0 Å². The minimum atomic E-state index is -0.0129. The molecule has 2 aromatic carbocycles. The summed E-state index contributed by atoms with van der Waals surface area (Å²) in [5.74, 6) is 1.51. The van der Waals surface area contributed by atoms with Crippen molar-refractivity contribution in [3.05, 3.63) is 59.2 Å². The Kier molecular flexibility index (Phi) is 3.45. The maximum absolute atomic E-state index is 9.22. The molecule has 0 saturated heterocycles. The van der Waals surface area contributed by atoms with Crippen molar-refractivity contribution in [2.75, 3.05) is 0 Å². The number of aryl methyl sites for hydroxylation is 2. The number of aliphatic hydroxyl groups is 1. The normalized spacial score (nSPS) is 10.3. The maximum Gasteiger partial charge on any atom is 0.132 e. The van der Waals surface area contributed by atoms with Gasteiger partial charge in [-0.2, -0.15) is 0 Å². The van der Waals surface area contributed by atoms with E-state index in [9.17, 15) is 5.11 Å². The fraction of sp³-hybridized carbons (Fsp3) is 0.200. The third-order valence-corrected chi connectivity index (χ3v) is 2.85. The highest BCUT2D eigenvalue weighted by Gasteiger charge is 2.03. The first-order chi connectivity index (χ1) is 8.20. The van der Waals surface area contributed by atoms with E-state index in [1.807, 2.05) is 42.5 Å². The topological polar surface area (TPSA) is 29.5 Å². The van der Waals surface area contributed by atoms with Crippen LogP contribution in [0.15, 0.2) is 42.5 Å². The second-order valence-electron chi connectivity index (χ2n) is 4.11. The zero-order chi connectivity index (χ0) is 12.3. The lowest BCUT2D eigenvalue weighted by Crippen LogP contribution is -1.92. The molecule has 0 bridgehead atoms. The van der Waals surface area contributed by atoms with Crippen molar-refractivity contribution in [3.8, 4) is 11.5 Å². The van der Waals surface area contributed by atoms with E-state index in [2.05, 4.69) is 13.8 Å². The molecule has 2 rings (SSSR count). The van der Waals surface area contributed by atoms with E-state index >= 15 is 0 Å². The number of para-hydroxylation sites is 1. The van der Waals surface area contributed by atoms with Crippen molar-refractivity contribution in [1.82, 2.24) is 0 Å². The second kappa shape index (κ2) is 5.02. The van der Waals surface area contributed by atoms with Gasteiger partial charge in [-0.3, -0.25) is 0 Å². The molecule has 0 amide bonds. The molecule has 2 aromatic rings. The predicted octanol–water partition coefficient (Wildman–Crippen LogP) is 3.59. The molecule has 0 spiro atoms. The number of benzene rings is 2. The summed E-state index contributed by atoms with van der Waals surface area (Å²) >= 11 is 0. The smallest absolute Gasteiger partial charge is 0.132 e. The minimum Gasteiger partial charge on any atom is -0.457 e. The van der Waals surface area contributed by atoms with E-state index in [1.54, 1.807) is 0 Å². The molecule has 2 nitrogen and oxygen atoms in total. The van der Waals surface area contributed by atoms with Gasteiger partial charge in [-0.05, 0) is 43.2 Å². The Hall–Kier alpha value is -1.80. The van der Waals surface area contributed by atoms with Crippen molar-refractivity contribution < 1.29 is 9.84 Å². The molecule has 0 unspecified atom stereocenters. The summed E-state index contributed by atoms with van der Waals surface area (Å²) in [5, 5.41) is 9.22. The highest BCUT2D eigenvalue weighted by Crippen LogP contribution is 2.26. The highest BCUT2D eigenvalue weighted by molar-refractivity contribution is 5.40. The molecular weight excluding hydrogens is 212 g/mol. The first kappa shape index (κ1) is 11.7. The van der Waals surface area contributed by atoms with E-state index < -0.39 is 0 Å². The molecule has 0 saturated carbocycles. The van der Waals surface area contributed by atoms with Gasteiger partial charge in [0, 0.05) is 5.56 Å². The van der Waals surface area contributed by atoms with Crippen molar-refractivity contribution in [3.63, 3.8) is 0 Å². The van der Waals surface area contributed by atoms with Crippen LogP contribution >= 0.6 is 0 Å². The zero-order valence-corrected chi connectivity index (χ0v) is 10.1. The first-order valence-electron chi connectivity index (χ1n) is 5.64. The highest BCUT2D eigenvalue weighted by atomic mass is 16.5. The monoisotopic (exact) mass is 228 g/mol. The molecule has 17 heavy (non-hydrogen) atoms. The van der Waals surface area contributed by atoms with Crippen LogP contribution < -0.4 is 4.74 Å². The van der Waals surface area contributed by atoms with Gasteiger partial charge in [-0.1, -0.05) is 24.3 Å². The molecule has 0 fully saturated rings. The quantitative estimate of drug-likeness (QED) is 0.870. The van der Waals surface area contributed by atoms with Crippen LogP contribution in [0.1, 0.15) is 16.7 Å². The number of aliphatic hydroxyl groups excluding tert-OH is 1. The predicted molar refractivity (Wildman–Crippen MR) is 68.4 cm³/mol. The van der Waals surface area contributed by atoms with Gasteiger partial charge in [-0.25, -0.2) is 0 Å². The summed E-state index contributed by atoms with van der Waals surface area (Å²) in [5.41, 5.74) is 3.24. The summed E-state index contributed by atoms with van der Waals surface area (Å²) in [6, 6.07) is 13.5. The SMILES string of the molecule is Cc1ccc(Oc2ccccc2CO)cc1C. The van der Waals surface area contributed by atoms with Crippen molar-refractivity contribution in [2.24, 2.45) is 0 Å². The van der Waals surface area contributed by atoms with E-state index in [-0.39, 0.29) is 6.61 Å². The number of hydrogen-bond donors (Lipinski definition) is 1. The maximum atomic E-state index is 9.22. The Bertz CT molecular complexity index is 518. The Morgan fingerprint density at radius 2 is 1.76 bits per heavy atom. The average molecular weight is 228 g/mol. The molecule has 0 aromatic heterocycles. The van der Waals surface area contributed by atoms with Gasteiger partial charge < -0.3 is 9.84 Å². The molecule has 0 atom stereocenters. The Morgan fingerprint density at radius 1 is 1.00 bits per heavy atom. The summed E-state index contributed by atoms with van der Waals surface area (Å²) < 4.78 is 5.78. The molecule has 0 aliphatic heterocycles. The van der Waals surface area contributed by atoms with Gasteiger partial charge in [0.2, 0.25) is 0 Å². The summed E-state index contributed by atoms with van der Waals surface area (Å²) in [7, 11) is 0. The third-order valence-electron chi connectivity index (χ3n) is 2.85. The largest absolute Gasteiger partial charge is 0.457 e. The first-order valence-corrected chi connectivity index (χ1v) is 5.64. The van der Waals surface area contributed by atoms with E-state index in [0.29, 0.717) is 5.75 Å². The molecule has 0 heterocycles. The van der Waals surface area contributed by atoms with Gasteiger partial charge in [0.05, 0.1) is 6.61 Å². The van der Waals surface area contributed by atoms with E-state index in [1.165, 1.54) is 11.1 Å². The zero-order valence-electron chi connectivity index (χ0n) is 10.1. The third kappa shape index (κ3) is 2.66. The minimum absolute atomic E-state index is 0.0129. The van der Waals surface area contributed by atoms with Crippen LogP contribution in [0, 0.1) is 13.8 Å². The second-order valence-corrected chi connectivity index (χ2v) is 4.11. The standard InChI is InChI=1S/C15H16O2/c1-11-7-8-14(9-12(11)2)17-15-6-4-3-5-13(15)10-16/h3-9,16H,10H2,1-2H3. The van der Waals surface area contributed by atoms with Crippen LogP contribution in [0.25, 0.3) is 0 Å². The lowest BCUT2D eigenvalue weighted by molar-refractivity contribution is 0.276. The van der Waals surface area contributed by atoms with Crippen molar-refractivity contribution in [1.29, 1.82) is 0 Å². The van der Waals surface area contributed by atoms with Crippen LogP contribution in [0.3, 0.4) is 0 Å². The Morgan fingerprint density at radius 3 is 2.47 bits per heavy atom. The fourth-order valence-electron chi connectivity index (χ4n) is 1.64. The van der Waals surface area contributed by atoms with Gasteiger partial charge in [0.15, 0.2) is 0 Å². The molecule has 1 N–H and O–H groups in total. The number of rotatable bonds is 3. The van der Waals surface area contributed by atoms with Crippen LogP contribution in [-0.2, 0) is 6.61 Å². The molecule has 88 valence electrons. The number of ether oxygens (including phenoxy) is 1. The lowest BCUT2D eigenvalue weighted by atomic mass is 10.1. The summed E-state index contributed by atoms with van der Waals surface area (Å²) in [6.45, 7) is 4.11. The van der Waals surface area contributed by atoms with Crippen molar-refractivity contribution in [2.45, 2.75) is 20.5 Å². The number of hydrogen-bond acceptors (Lipinski definition) is 2. The van der Waals surface area contributed by atoms with Gasteiger partial charge in [-0.15, -0.1) is 0 Å². The summed E-state index contributed by atoms with van der Waals surface area (Å²) in [6.07, 6.45) is 0. The average Bonchev–Trinajstić information content (AvgIpc) is 2.34. The fourth-order valence-corrected chi connectivity index (χ4v) is 1.64. The van der Waals surface area contributed by atoms with E-state index in [0.717, 1.165) is 11.3 Å². The Labute approximate surface area is 101 Å². The Balaban J connectivity index is 2.28. The van der Waals surface area contributed by atoms with E-state index in [4.69, 9.17) is 4.74 Å². The van der Waals surface area contributed by atoms with Crippen LogP contribution in [-0.4, -0.2) is 5.11 Å². The van der Waals surface area contributed by atoms with Crippen LogP contribution in [0.2, 0.25) is 0 Å². The van der Waals surface area contributed by atoms with Gasteiger partial charge in [0.1, 0.15) is 11.5 Å². The molecular formula is C15H16O2. The van der Waals surface area contributed by atoms with Crippen molar-refractivity contribution >= 4 is 0 Å². The molecule has 2 heteroatoms. The summed E-state index contributed by atoms with van der Waals surface area (Å²) in [4.78, 5) is 0.